The molecule has 3 rings (SSSR count). The van der Waals surface area contributed by atoms with Gasteiger partial charge in [-0.25, -0.2) is 9.59 Å². The number of aryl methyl sites for hydroxylation is 1. The maximum absolute atomic E-state index is 12.0. The maximum Gasteiger partial charge on any atom is 0.374 e. The fourth-order valence-electron chi connectivity index (χ4n) is 2.23. The van der Waals surface area contributed by atoms with E-state index in [1.807, 2.05) is 6.07 Å². The number of carbonyl (C=O) groups is 1. The van der Waals surface area contributed by atoms with Crippen LogP contribution >= 0.6 is 0 Å². The van der Waals surface area contributed by atoms with Crippen molar-refractivity contribution in [2.24, 2.45) is 0 Å². The first-order chi connectivity index (χ1) is 9.63. The minimum atomic E-state index is -0.579. The zero-order valence-electron chi connectivity index (χ0n) is 11.1. The molecular formula is C15H12O5. The Morgan fingerprint density at radius 1 is 1.25 bits per heavy atom. The van der Waals surface area contributed by atoms with E-state index >= 15 is 0 Å². The number of furan rings is 1. The lowest BCUT2D eigenvalue weighted by Gasteiger charge is -1.97. The molecule has 0 fully saturated rings. The SMILES string of the molecule is CCOC(=O)c1oc2c(c1C)c(=O)oc1ccccc12. The van der Waals surface area contributed by atoms with E-state index in [2.05, 4.69) is 0 Å². The number of carbonyl (C=O) groups excluding carboxylic acids is 1. The van der Waals surface area contributed by atoms with Crippen molar-refractivity contribution in [2.45, 2.75) is 13.8 Å². The van der Waals surface area contributed by atoms with Crippen LogP contribution in [0.2, 0.25) is 0 Å². The van der Waals surface area contributed by atoms with Gasteiger partial charge in [-0.15, -0.1) is 0 Å². The van der Waals surface area contributed by atoms with E-state index in [1.165, 1.54) is 0 Å². The van der Waals surface area contributed by atoms with E-state index in [-0.39, 0.29) is 17.8 Å². The third-order valence-corrected chi connectivity index (χ3v) is 3.15. The minimum Gasteiger partial charge on any atom is -0.460 e. The molecule has 1 aromatic carbocycles. The fourth-order valence-corrected chi connectivity index (χ4v) is 2.23. The van der Waals surface area contributed by atoms with Gasteiger partial charge in [0, 0.05) is 5.56 Å². The summed E-state index contributed by atoms with van der Waals surface area (Å²) in [5, 5.41) is 0.938. The molecule has 102 valence electrons. The van der Waals surface area contributed by atoms with Gasteiger partial charge in [-0.05, 0) is 26.0 Å². The Labute approximate surface area is 113 Å². The molecule has 2 aromatic heterocycles. The van der Waals surface area contributed by atoms with Gasteiger partial charge in [-0.3, -0.25) is 0 Å². The third kappa shape index (κ3) is 1.71. The summed E-state index contributed by atoms with van der Waals surface area (Å²) in [4.78, 5) is 23.9. The summed E-state index contributed by atoms with van der Waals surface area (Å²) in [6.07, 6.45) is 0. The first-order valence-corrected chi connectivity index (χ1v) is 6.25. The molecule has 2 heterocycles. The number of rotatable bonds is 2. The standard InChI is InChI=1S/C15H12O5/c1-3-18-15(17)12-8(2)11-13(20-12)9-6-4-5-7-10(9)19-14(11)16/h4-7H,3H2,1-2H3. The van der Waals surface area contributed by atoms with Crippen LogP contribution in [-0.2, 0) is 4.74 Å². The molecule has 0 bridgehead atoms. The van der Waals surface area contributed by atoms with Gasteiger partial charge < -0.3 is 13.6 Å². The second-order valence-electron chi connectivity index (χ2n) is 4.37. The summed E-state index contributed by atoms with van der Waals surface area (Å²) in [6.45, 7) is 3.59. The van der Waals surface area contributed by atoms with Gasteiger partial charge in [0.15, 0.2) is 5.58 Å². The Bertz CT molecular complexity index is 869. The largest absolute Gasteiger partial charge is 0.460 e. The molecule has 0 radical (unpaired) electrons. The lowest BCUT2D eigenvalue weighted by Crippen LogP contribution is -2.05. The molecule has 0 amide bonds. The second-order valence-corrected chi connectivity index (χ2v) is 4.37. The van der Waals surface area contributed by atoms with E-state index in [4.69, 9.17) is 13.6 Å². The van der Waals surface area contributed by atoms with Crippen LogP contribution in [0, 0.1) is 6.92 Å². The molecule has 0 aliphatic carbocycles. The van der Waals surface area contributed by atoms with Crippen LogP contribution in [0.15, 0.2) is 37.9 Å². The smallest absolute Gasteiger partial charge is 0.374 e. The lowest BCUT2D eigenvalue weighted by molar-refractivity contribution is 0.0491. The van der Waals surface area contributed by atoms with Crippen molar-refractivity contribution in [1.29, 1.82) is 0 Å². The number of fused-ring (bicyclic) bond motifs is 3. The van der Waals surface area contributed by atoms with Crippen LogP contribution in [0.25, 0.3) is 21.9 Å². The molecular weight excluding hydrogens is 260 g/mol. The number of para-hydroxylation sites is 1. The van der Waals surface area contributed by atoms with Crippen molar-refractivity contribution in [3.63, 3.8) is 0 Å². The molecule has 20 heavy (non-hydrogen) atoms. The molecule has 0 saturated carbocycles. The summed E-state index contributed by atoms with van der Waals surface area (Å²) >= 11 is 0. The highest BCUT2D eigenvalue weighted by atomic mass is 16.5. The van der Waals surface area contributed by atoms with Crippen LogP contribution in [0.4, 0.5) is 0 Å². The summed E-state index contributed by atoms with van der Waals surface area (Å²) in [7, 11) is 0. The minimum absolute atomic E-state index is 0.0468. The average molecular weight is 272 g/mol. The fraction of sp³-hybridized carbons (Fsp3) is 0.200. The predicted molar refractivity (Wildman–Crippen MR) is 72.9 cm³/mol. The first-order valence-electron chi connectivity index (χ1n) is 6.25. The highest BCUT2D eigenvalue weighted by Crippen LogP contribution is 2.29. The van der Waals surface area contributed by atoms with Crippen molar-refractivity contribution in [3.05, 3.63) is 46.0 Å². The molecule has 0 aliphatic rings. The molecule has 0 N–H and O–H groups in total. The Balaban J connectivity index is 2.41. The number of ether oxygens (including phenoxy) is 1. The van der Waals surface area contributed by atoms with Crippen LogP contribution in [0.5, 0.6) is 0 Å². The van der Waals surface area contributed by atoms with Gasteiger partial charge in [0.25, 0.3) is 0 Å². The zero-order chi connectivity index (χ0) is 14.3. The molecule has 0 saturated heterocycles. The average Bonchev–Trinajstić information content (AvgIpc) is 2.78. The van der Waals surface area contributed by atoms with Crippen LogP contribution < -0.4 is 5.63 Å². The second kappa shape index (κ2) is 4.52. The number of benzene rings is 1. The predicted octanol–water partition coefficient (Wildman–Crippen LogP) is 3.02. The van der Waals surface area contributed by atoms with Gasteiger partial charge in [-0.2, -0.15) is 0 Å². The van der Waals surface area contributed by atoms with Gasteiger partial charge in [0.05, 0.1) is 12.0 Å². The Morgan fingerprint density at radius 3 is 2.75 bits per heavy atom. The van der Waals surface area contributed by atoms with Crippen molar-refractivity contribution >= 4 is 27.9 Å². The topological polar surface area (TPSA) is 69.7 Å². The van der Waals surface area contributed by atoms with Crippen molar-refractivity contribution in [3.8, 4) is 0 Å². The van der Waals surface area contributed by atoms with Crippen LogP contribution in [-0.4, -0.2) is 12.6 Å². The summed E-state index contributed by atoms with van der Waals surface area (Å²) in [5.41, 5.74) is 0.708. The molecule has 5 heteroatoms. The van der Waals surface area contributed by atoms with Crippen LogP contribution in [0.1, 0.15) is 23.0 Å². The molecule has 0 aliphatic heterocycles. The zero-order valence-corrected chi connectivity index (χ0v) is 11.1. The molecule has 0 spiro atoms. The van der Waals surface area contributed by atoms with E-state index in [9.17, 15) is 9.59 Å². The highest BCUT2D eigenvalue weighted by Gasteiger charge is 2.23. The van der Waals surface area contributed by atoms with Crippen molar-refractivity contribution in [1.82, 2.24) is 0 Å². The summed E-state index contributed by atoms with van der Waals surface area (Å²) in [5.74, 6) is -0.532. The van der Waals surface area contributed by atoms with Crippen molar-refractivity contribution in [2.75, 3.05) is 6.61 Å². The molecule has 5 nitrogen and oxygen atoms in total. The monoisotopic (exact) mass is 272 g/mol. The Hall–Kier alpha value is -2.56. The normalized spacial score (nSPS) is 11.1. The number of hydrogen-bond donors (Lipinski definition) is 0. The summed E-state index contributed by atoms with van der Waals surface area (Å²) in [6, 6.07) is 7.03. The Morgan fingerprint density at radius 2 is 2.00 bits per heavy atom. The maximum atomic E-state index is 12.0. The lowest BCUT2D eigenvalue weighted by atomic mass is 10.1. The van der Waals surface area contributed by atoms with Gasteiger partial charge in [0.2, 0.25) is 5.76 Å². The van der Waals surface area contributed by atoms with Crippen LogP contribution in [0.3, 0.4) is 0 Å². The van der Waals surface area contributed by atoms with Gasteiger partial charge >= 0.3 is 11.6 Å². The highest BCUT2D eigenvalue weighted by molar-refractivity contribution is 6.05. The van der Waals surface area contributed by atoms with Crippen molar-refractivity contribution < 1.29 is 18.4 Å². The molecule has 0 atom stereocenters. The van der Waals surface area contributed by atoms with Gasteiger partial charge in [-0.1, -0.05) is 12.1 Å². The van der Waals surface area contributed by atoms with E-state index in [0.29, 0.717) is 22.1 Å². The molecule has 0 unspecified atom stereocenters. The molecule has 3 aromatic rings. The van der Waals surface area contributed by atoms with E-state index in [0.717, 1.165) is 0 Å². The summed E-state index contributed by atoms with van der Waals surface area (Å²) < 4.78 is 15.7. The third-order valence-electron chi connectivity index (χ3n) is 3.15. The number of hydrogen-bond acceptors (Lipinski definition) is 5. The van der Waals surface area contributed by atoms with Gasteiger partial charge in [0.1, 0.15) is 11.0 Å². The van der Waals surface area contributed by atoms with E-state index < -0.39 is 11.6 Å². The quantitative estimate of drug-likeness (QED) is 0.529. The van der Waals surface area contributed by atoms with E-state index in [1.54, 1.807) is 32.0 Å². The first kappa shape index (κ1) is 12.5. The Kier molecular flexibility index (Phi) is 2.82. The number of esters is 1.